The van der Waals surface area contributed by atoms with E-state index in [9.17, 15) is 4.79 Å². The van der Waals surface area contributed by atoms with Crippen molar-refractivity contribution in [1.29, 1.82) is 0 Å². The van der Waals surface area contributed by atoms with Gasteiger partial charge in [0.2, 0.25) is 5.91 Å². The summed E-state index contributed by atoms with van der Waals surface area (Å²) >= 11 is 0. The van der Waals surface area contributed by atoms with E-state index in [1.165, 1.54) is 0 Å². The van der Waals surface area contributed by atoms with Crippen molar-refractivity contribution >= 4 is 5.91 Å². The summed E-state index contributed by atoms with van der Waals surface area (Å²) in [6, 6.07) is 0. The predicted octanol–water partition coefficient (Wildman–Crippen LogP) is 2.07. The van der Waals surface area contributed by atoms with Crippen LogP contribution >= 0.6 is 0 Å². The molecular formula is C9H17NO. The van der Waals surface area contributed by atoms with Gasteiger partial charge in [0, 0.05) is 12.1 Å². The van der Waals surface area contributed by atoms with E-state index in [-0.39, 0.29) is 5.91 Å². The lowest BCUT2D eigenvalue weighted by atomic mass is 10.1. The van der Waals surface area contributed by atoms with Crippen molar-refractivity contribution in [2.24, 2.45) is 5.92 Å². The summed E-state index contributed by atoms with van der Waals surface area (Å²) in [5.41, 5.74) is 0.721. The molecule has 0 aromatic carbocycles. The number of carbonyl (C=O) groups excluding carboxylic acids is 1. The fourth-order valence-corrected chi connectivity index (χ4v) is 0.720. The van der Waals surface area contributed by atoms with E-state index in [1.54, 1.807) is 6.92 Å². The van der Waals surface area contributed by atoms with Crippen LogP contribution in [0.25, 0.3) is 0 Å². The molecule has 0 spiro atoms. The van der Waals surface area contributed by atoms with Gasteiger partial charge in [0.15, 0.2) is 0 Å². The van der Waals surface area contributed by atoms with Gasteiger partial charge in [0.05, 0.1) is 0 Å². The molecule has 0 aliphatic carbocycles. The van der Waals surface area contributed by atoms with E-state index < -0.39 is 0 Å². The molecule has 0 rings (SSSR count). The van der Waals surface area contributed by atoms with Gasteiger partial charge in [0.1, 0.15) is 0 Å². The maximum atomic E-state index is 11.0. The maximum absolute atomic E-state index is 11.0. The molecule has 0 unspecified atom stereocenters. The Morgan fingerprint density at radius 2 is 2.09 bits per heavy atom. The normalized spacial score (nSPS) is 9.82. The van der Waals surface area contributed by atoms with Crippen molar-refractivity contribution in [3.63, 3.8) is 0 Å². The Morgan fingerprint density at radius 3 is 2.45 bits per heavy atom. The van der Waals surface area contributed by atoms with Crippen molar-refractivity contribution in [3.05, 3.63) is 12.3 Å². The molecule has 0 bridgehead atoms. The molecule has 0 saturated heterocycles. The highest BCUT2D eigenvalue weighted by atomic mass is 16.1. The zero-order chi connectivity index (χ0) is 8.85. The standard InChI is InChI=1S/C9H17NO/c1-7(2)5-6-9(11)10-8(3)4/h7H,3,5-6H2,1-2,4H3,(H,10,11). The molecule has 0 aromatic rings. The second-order valence-corrected chi connectivity index (χ2v) is 3.26. The maximum Gasteiger partial charge on any atom is 0.224 e. The van der Waals surface area contributed by atoms with Gasteiger partial charge >= 0.3 is 0 Å². The summed E-state index contributed by atoms with van der Waals surface area (Å²) in [6.07, 6.45) is 1.55. The number of nitrogens with one attached hydrogen (secondary N) is 1. The van der Waals surface area contributed by atoms with Crippen LogP contribution in [0, 0.1) is 5.92 Å². The molecule has 1 N–H and O–H groups in total. The minimum absolute atomic E-state index is 0.0752. The number of hydrogen-bond acceptors (Lipinski definition) is 1. The predicted molar refractivity (Wildman–Crippen MR) is 47.0 cm³/mol. The van der Waals surface area contributed by atoms with Crippen LogP contribution in [0.2, 0.25) is 0 Å². The quantitative estimate of drug-likeness (QED) is 0.661. The van der Waals surface area contributed by atoms with E-state index in [2.05, 4.69) is 25.7 Å². The summed E-state index contributed by atoms with van der Waals surface area (Å²) in [7, 11) is 0. The lowest BCUT2D eigenvalue weighted by Crippen LogP contribution is -2.20. The van der Waals surface area contributed by atoms with Crippen LogP contribution in [0.3, 0.4) is 0 Å². The van der Waals surface area contributed by atoms with E-state index in [1.807, 2.05) is 0 Å². The first kappa shape index (κ1) is 10.2. The van der Waals surface area contributed by atoms with Gasteiger partial charge in [0.25, 0.3) is 0 Å². The first-order valence-corrected chi connectivity index (χ1v) is 3.97. The van der Waals surface area contributed by atoms with Crippen LogP contribution in [0.15, 0.2) is 12.3 Å². The van der Waals surface area contributed by atoms with Crippen LogP contribution in [-0.4, -0.2) is 5.91 Å². The minimum atomic E-state index is 0.0752. The Labute approximate surface area is 68.7 Å². The molecular weight excluding hydrogens is 138 g/mol. The summed E-state index contributed by atoms with van der Waals surface area (Å²) in [5.74, 6) is 0.664. The summed E-state index contributed by atoms with van der Waals surface area (Å²) in [6.45, 7) is 9.59. The highest BCUT2D eigenvalue weighted by molar-refractivity contribution is 5.77. The zero-order valence-electron chi connectivity index (χ0n) is 7.61. The van der Waals surface area contributed by atoms with Crippen molar-refractivity contribution < 1.29 is 4.79 Å². The molecule has 0 fully saturated rings. The smallest absolute Gasteiger partial charge is 0.224 e. The van der Waals surface area contributed by atoms with Gasteiger partial charge < -0.3 is 5.32 Å². The van der Waals surface area contributed by atoms with Crippen molar-refractivity contribution in [1.82, 2.24) is 5.32 Å². The van der Waals surface area contributed by atoms with Gasteiger partial charge in [-0.3, -0.25) is 4.79 Å². The molecule has 0 atom stereocenters. The van der Waals surface area contributed by atoms with Crippen LogP contribution in [0.4, 0.5) is 0 Å². The molecule has 0 aromatic heterocycles. The third kappa shape index (κ3) is 7.10. The van der Waals surface area contributed by atoms with E-state index in [0.717, 1.165) is 12.1 Å². The van der Waals surface area contributed by atoms with Gasteiger partial charge in [-0.2, -0.15) is 0 Å². The zero-order valence-corrected chi connectivity index (χ0v) is 7.61. The highest BCUT2D eigenvalue weighted by Crippen LogP contribution is 2.02. The molecule has 0 aliphatic rings. The molecule has 0 saturated carbocycles. The molecule has 64 valence electrons. The largest absolute Gasteiger partial charge is 0.331 e. The fourth-order valence-electron chi connectivity index (χ4n) is 0.720. The molecule has 1 amide bonds. The molecule has 2 heteroatoms. The van der Waals surface area contributed by atoms with Crippen molar-refractivity contribution in [2.45, 2.75) is 33.6 Å². The number of carbonyl (C=O) groups is 1. The monoisotopic (exact) mass is 155 g/mol. The van der Waals surface area contributed by atoms with Crippen LogP contribution < -0.4 is 5.32 Å². The Bertz CT molecular complexity index is 150. The second kappa shape index (κ2) is 4.94. The average molecular weight is 155 g/mol. The molecule has 0 heterocycles. The third-order valence-corrected chi connectivity index (χ3v) is 1.30. The SMILES string of the molecule is C=C(C)NC(=O)CCC(C)C. The molecule has 2 nitrogen and oxygen atoms in total. The Balaban J connectivity index is 3.46. The van der Waals surface area contributed by atoms with E-state index in [4.69, 9.17) is 0 Å². The van der Waals surface area contributed by atoms with Crippen LogP contribution in [0.5, 0.6) is 0 Å². The Hall–Kier alpha value is -0.790. The van der Waals surface area contributed by atoms with Crippen LogP contribution in [0.1, 0.15) is 33.6 Å². The number of rotatable bonds is 4. The first-order valence-electron chi connectivity index (χ1n) is 3.97. The summed E-state index contributed by atoms with van der Waals surface area (Å²) in [5, 5.41) is 2.66. The molecule has 11 heavy (non-hydrogen) atoms. The molecule has 0 aliphatic heterocycles. The number of hydrogen-bond donors (Lipinski definition) is 1. The number of amides is 1. The number of allylic oxidation sites excluding steroid dienone is 1. The lowest BCUT2D eigenvalue weighted by Gasteiger charge is -2.05. The van der Waals surface area contributed by atoms with Gasteiger partial charge in [-0.15, -0.1) is 0 Å². The summed E-state index contributed by atoms with van der Waals surface area (Å²) < 4.78 is 0. The topological polar surface area (TPSA) is 29.1 Å². The Morgan fingerprint density at radius 1 is 1.55 bits per heavy atom. The van der Waals surface area contributed by atoms with Crippen LogP contribution in [-0.2, 0) is 4.79 Å². The first-order chi connectivity index (χ1) is 5.02. The Kier molecular flexibility index (Phi) is 4.59. The minimum Gasteiger partial charge on any atom is -0.331 e. The van der Waals surface area contributed by atoms with Crippen molar-refractivity contribution in [3.8, 4) is 0 Å². The fraction of sp³-hybridized carbons (Fsp3) is 0.667. The summed E-state index contributed by atoms with van der Waals surface area (Å²) in [4.78, 5) is 11.0. The van der Waals surface area contributed by atoms with Gasteiger partial charge in [-0.25, -0.2) is 0 Å². The third-order valence-electron chi connectivity index (χ3n) is 1.30. The highest BCUT2D eigenvalue weighted by Gasteiger charge is 2.01. The van der Waals surface area contributed by atoms with Gasteiger partial charge in [-0.1, -0.05) is 20.4 Å². The second-order valence-electron chi connectivity index (χ2n) is 3.26. The van der Waals surface area contributed by atoms with E-state index in [0.29, 0.717) is 12.3 Å². The van der Waals surface area contributed by atoms with E-state index >= 15 is 0 Å². The average Bonchev–Trinajstić information content (AvgIpc) is 1.82. The van der Waals surface area contributed by atoms with Crippen molar-refractivity contribution in [2.75, 3.05) is 0 Å². The van der Waals surface area contributed by atoms with Gasteiger partial charge in [-0.05, 0) is 19.3 Å². The molecule has 0 radical (unpaired) electrons. The lowest BCUT2D eigenvalue weighted by molar-refractivity contribution is -0.120.